The summed E-state index contributed by atoms with van der Waals surface area (Å²) in [6.45, 7) is 4.18. The summed E-state index contributed by atoms with van der Waals surface area (Å²) in [5, 5.41) is 4.13. The van der Waals surface area contributed by atoms with E-state index in [1.807, 2.05) is 30.1 Å². The number of amides is 4. The summed E-state index contributed by atoms with van der Waals surface area (Å²) in [5.41, 5.74) is 2.90. The quantitative estimate of drug-likeness (QED) is 0.610. The van der Waals surface area contributed by atoms with E-state index in [0.29, 0.717) is 0 Å². The SMILES string of the molecule is CN1C(=CC=C2C(=O)NC(=O)NC2=O)C(C)(C)c2ccccc21. The fourth-order valence-corrected chi connectivity index (χ4v) is 3.09. The molecule has 4 amide bonds. The third-order valence-electron chi connectivity index (χ3n) is 4.29. The molecule has 1 aromatic carbocycles. The largest absolute Gasteiger partial charge is 0.347 e. The van der Waals surface area contributed by atoms with Crippen LogP contribution in [0.4, 0.5) is 10.5 Å². The van der Waals surface area contributed by atoms with Gasteiger partial charge in [0, 0.05) is 23.8 Å². The molecule has 0 spiro atoms. The number of urea groups is 1. The van der Waals surface area contributed by atoms with Gasteiger partial charge in [-0.3, -0.25) is 20.2 Å². The van der Waals surface area contributed by atoms with Gasteiger partial charge in [-0.25, -0.2) is 4.79 Å². The van der Waals surface area contributed by atoms with Gasteiger partial charge in [-0.1, -0.05) is 32.0 Å². The Morgan fingerprint density at radius 3 is 2.22 bits per heavy atom. The summed E-state index contributed by atoms with van der Waals surface area (Å²) in [6.07, 6.45) is 3.21. The van der Waals surface area contributed by atoms with Crippen molar-refractivity contribution in [2.45, 2.75) is 19.3 Å². The summed E-state index contributed by atoms with van der Waals surface area (Å²) in [4.78, 5) is 36.7. The van der Waals surface area contributed by atoms with Gasteiger partial charge in [0.15, 0.2) is 0 Å². The van der Waals surface area contributed by atoms with E-state index in [9.17, 15) is 14.4 Å². The molecule has 2 aliphatic rings. The third kappa shape index (κ3) is 2.32. The predicted molar refractivity (Wildman–Crippen MR) is 85.7 cm³/mol. The number of fused-ring (bicyclic) bond motifs is 1. The fourth-order valence-electron chi connectivity index (χ4n) is 3.09. The first-order chi connectivity index (χ1) is 10.8. The van der Waals surface area contributed by atoms with E-state index in [2.05, 4.69) is 30.5 Å². The summed E-state index contributed by atoms with van der Waals surface area (Å²) in [5.74, 6) is -1.38. The van der Waals surface area contributed by atoms with Crippen LogP contribution in [0.3, 0.4) is 0 Å². The normalized spacial score (nSPS) is 21.2. The topological polar surface area (TPSA) is 78.5 Å². The minimum absolute atomic E-state index is 0.0859. The van der Waals surface area contributed by atoms with E-state index in [1.165, 1.54) is 11.6 Å². The lowest BCUT2D eigenvalue weighted by atomic mass is 9.83. The van der Waals surface area contributed by atoms with Crippen LogP contribution < -0.4 is 15.5 Å². The zero-order valence-corrected chi connectivity index (χ0v) is 13.1. The number of hydrogen-bond donors (Lipinski definition) is 2. The first-order valence-electron chi connectivity index (χ1n) is 7.24. The van der Waals surface area contributed by atoms with Gasteiger partial charge in [-0.2, -0.15) is 0 Å². The molecule has 0 unspecified atom stereocenters. The van der Waals surface area contributed by atoms with Crippen molar-refractivity contribution in [1.82, 2.24) is 10.6 Å². The van der Waals surface area contributed by atoms with Gasteiger partial charge >= 0.3 is 6.03 Å². The lowest BCUT2D eigenvalue weighted by Crippen LogP contribution is -2.51. The first-order valence-corrected chi connectivity index (χ1v) is 7.24. The second-order valence-corrected chi connectivity index (χ2v) is 6.07. The molecule has 0 aromatic heterocycles. The van der Waals surface area contributed by atoms with Crippen LogP contribution in [0.25, 0.3) is 0 Å². The number of nitrogens with one attached hydrogen (secondary N) is 2. The number of imide groups is 2. The molecule has 118 valence electrons. The number of carbonyl (C=O) groups is 3. The highest BCUT2D eigenvalue weighted by atomic mass is 16.2. The van der Waals surface area contributed by atoms with Gasteiger partial charge < -0.3 is 4.90 Å². The fraction of sp³-hybridized carbons (Fsp3) is 0.235. The van der Waals surface area contributed by atoms with Crippen LogP contribution in [0.5, 0.6) is 0 Å². The number of carbonyl (C=O) groups excluding carboxylic acids is 3. The minimum Gasteiger partial charge on any atom is -0.347 e. The van der Waals surface area contributed by atoms with Crippen molar-refractivity contribution in [3.05, 3.63) is 53.3 Å². The van der Waals surface area contributed by atoms with E-state index < -0.39 is 17.8 Å². The van der Waals surface area contributed by atoms with Crippen LogP contribution in [0.1, 0.15) is 19.4 Å². The van der Waals surface area contributed by atoms with E-state index in [0.717, 1.165) is 11.4 Å². The number of allylic oxidation sites excluding steroid dienone is 3. The molecule has 3 rings (SSSR count). The maximum atomic E-state index is 11.8. The van der Waals surface area contributed by atoms with Gasteiger partial charge in [0.2, 0.25) is 0 Å². The smallest absolute Gasteiger partial charge is 0.328 e. The van der Waals surface area contributed by atoms with Crippen LogP contribution >= 0.6 is 0 Å². The number of barbiturate groups is 1. The van der Waals surface area contributed by atoms with E-state index >= 15 is 0 Å². The molecule has 6 nitrogen and oxygen atoms in total. The van der Waals surface area contributed by atoms with Crippen LogP contribution in [0, 0.1) is 0 Å². The summed E-state index contributed by atoms with van der Waals surface area (Å²) < 4.78 is 0. The van der Waals surface area contributed by atoms with E-state index in [1.54, 1.807) is 6.08 Å². The Morgan fingerprint density at radius 2 is 1.61 bits per heavy atom. The molecule has 2 N–H and O–H groups in total. The van der Waals surface area contributed by atoms with Crippen molar-refractivity contribution in [3.63, 3.8) is 0 Å². The number of para-hydroxylation sites is 1. The summed E-state index contributed by atoms with van der Waals surface area (Å²) in [7, 11) is 1.95. The Hall–Kier alpha value is -2.89. The number of benzene rings is 1. The monoisotopic (exact) mass is 311 g/mol. The second kappa shape index (κ2) is 5.08. The molecule has 0 aliphatic carbocycles. The van der Waals surface area contributed by atoms with Gasteiger partial charge in [-0.05, 0) is 23.8 Å². The molecular weight excluding hydrogens is 294 g/mol. The number of likely N-dealkylation sites (N-methyl/N-ethyl adjacent to an activating group) is 1. The molecule has 0 saturated carbocycles. The lowest BCUT2D eigenvalue weighted by molar-refractivity contribution is -0.124. The maximum absolute atomic E-state index is 11.8. The van der Waals surface area contributed by atoms with Crippen molar-refractivity contribution < 1.29 is 14.4 Å². The van der Waals surface area contributed by atoms with Crippen LogP contribution in [-0.2, 0) is 15.0 Å². The maximum Gasteiger partial charge on any atom is 0.328 e. The Morgan fingerprint density at radius 1 is 1.00 bits per heavy atom. The van der Waals surface area contributed by atoms with Crippen LogP contribution in [0.15, 0.2) is 47.7 Å². The van der Waals surface area contributed by atoms with Crippen LogP contribution in [-0.4, -0.2) is 24.9 Å². The molecule has 0 bridgehead atoms. The third-order valence-corrected chi connectivity index (χ3v) is 4.29. The van der Waals surface area contributed by atoms with Gasteiger partial charge in [0.05, 0.1) is 0 Å². The molecular formula is C17H17N3O3. The number of rotatable bonds is 1. The molecule has 23 heavy (non-hydrogen) atoms. The zero-order valence-electron chi connectivity index (χ0n) is 13.1. The van der Waals surface area contributed by atoms with E-state index in [-0.39, 0.29) is 11.0 Å². The van der Waals surface area contributed by atoms with Crippen LogP contribution in [0.2, 0.25) is 0 Å². The molecule has 6 heteroatoms. The molecule has 1 fully saturated rings. The number of hydrogen-bond acceptors (Lipinski definition) is 4. The molecule has 1 saturated heterocycles. The second-order valence-electron chi connectivity index (χ2n) is 6.07. The Bertz CT molecular complexity index is 768. The summed E-state index contributed by atoms with van der Waals surface area (Å²) >= 11 is 0. The standard InChI is InChI=1S/C17H17N3O3/c1-17(2)11-6-4-5-7-12(11)20(3)13(17)9-8-10-14(21)18-16(23)19-15(10)22/h4-9H,1-3H3,(H2,18,19,21,22,23). The average molecular weight is 311 g/mol. The zero-order chi connectivity index (χ0) is 16.8. The Balaban J connectivity index is 2.01. The molecule has 2 heterocycles. The Labute approximate surface area is 133 Å². The van der Waals surface area contributed by atoms with E-state index in [4.69, 9.17) is 0 Å². The number of nitrogens with zero attached hydrogens (tertiary/aromatic N) is 1. The highest BCUT2D eigenvalue weighted by Crippen LogP contribution is 2.46. The van der Waals surface area contributed by atoms with Gasteiger partial charge in [-0.15, -0.1) is 0 Å². The van der Waals surface area contributed by atoms with Crippen molar-refractivity contribution in [1.29, 1.82) is 0 Å². The van der Waals surface area contributed by atoms with Gasteiger partial charge in [0.1, 0.15) is 5.57 Å². The number of anilines is 1. The van der Waals surface area contributed by atoms with Crippen molar-refractivity contribution in [3.8, 4) is 0 Å². The average Bonchev–Trinajstić information content (AvgIpc) is 2.67. The van der Waals surface area contributed by atoms with Crippen molar-refractivity contribution in [2.24, 2.45) is 0 Å². The van der Waals surface area contributed by atoms with Crippen molar-refractivity contribution >= 4 is 23.5 Å². The molecule has 2 aliphatic heterocycles. The highest BCUT2D eigenvalue weighted by molar-refractivity contribution is 6.29. The molecule has 0 radical (unpaired) electrons. The molecule has 1 aromatic rings. The first kappa shape index (κ1) is 15.0. The minimum atomic E-state index is -0.796. The highest BCUT2D eigenvalue weighted by Gasteiger charge is 2.38. The van der Waals surface area contributed by atoms with Gasteiger partial charge in [0.25, 0.3) is 11.8 Å². The lowest BCUT2D eigenvalue weighted by Gasteiger charge is -2.24. The predicted octanol–water partition coefficient (Wildman–Crippen LogP) is 1.59. The summed E-state index contributed by atoms with van der Waals surface area (Å²) in [6, 6.07) is 7.27. The molecule has 0 atom stereocenters. The Kier molecular flexibility index (Phi) is 3.32. The van der Waals surface area contributed by atoms with Crippen molar-refractivity contribution in [2.75, 3.05) is 11.9 Å².